The van der Waals surface area contributed by atoms with Crippen molar-refractivity contribution in [1.82, 2.24) is 15.5 Å². The summed E-state index contributed by atoms with van der Waals surface area (Å²) in [6.07, 6.45) is 3.57. The van der Waals surface area contributed by atoms with Gasteiger partial charge in [-0.3, -0.25) is 14.5 Å². The molecule has 0 saturated carbocycles. The van der Waals surface area contributed by atoms with E-state index in [1.807, 2.05) is 18.7 Å². The number of nitrogens with zero attached hydrogens (tertiary/aromatic N) is 1. The van der Waals surface area contributed by atoms with E-state index in [1.165, 1.54) is 0 Å². The highest BCUT2D eigenvalue weighted by molar-refractivity contribution is 5.77. The van der Waals surface area contributed by atoms with Crippen molar-refractivity contribution in [2.45, 2.75) is 46.0 Å². The summed E-state index contributed by atoms with van der Waals surface area (Å²) in [5.74, 6) is -0.192. The minimum atomic E-state index is -0.445. The maximum atomic E-state index is 11.8. The minimum Gasteiger partial charge on any atom is -0.463 e. The van der Waals surface area contributed by atoms with Crippen LogP contribution < -0.4 is 10.6 Å². The summed E-state index contributed by atoms with van der Waals surface area (Å²) in [6.45, 7) is 7.99. The predicted molar refractivity (Wildman–Crippen MR) is 121 cm³/mol. The van der Waals surface area contributed by atoms with E-state index in [9.17, 15) is 14.4 Å². The molecule has 10 heteroatoms. The summed E-state index contributed by atoms with van der Waals surface area (Å²) < 4.78 is 20.2. The van der Waals surface area contributed by atoms with Gasteiger partial charge in [-0.05, 0) is 12.8 Å². The number of hydrogen-bond donors (Lipinski definition) is 2. The number of carbonyl (C=O) groups excluding carboxylic acids is 3. The molecule has 0 atom stereocenters. The molecular formula is C22H43N3O7. The van der Waals surface area contributed by atoms with Gasteiger partial charge in [0.15, 0.2) is 0 Å². The number of amides is 2. The monoisotopic (exact) mass is 461 g/mol. The van der Waals surface area contributed by atoms with Crippen molar-refractivity contribution in [2.75, 3.05) is 73.4 Å². The zero-order valence-electron chi connectivity index (χ0n) is 20.3. The zero-order valence-corrected chi connectivity index (χ0v) is 20.3. The molecule has 10 nitrogen and oxygen atoms in total. The van der Waals surface area contributed by atoms with Crippen LogP contribution in [0.25, 0.3) is 0 Å². The number of methoxy groups -OCH3 is 2. The molecule has 0 aliphatic rings. The third kappa shape index (κ3) is 18.8. The normalized spacial score (nSPS) is 10.9. The number of carbonyl (C=O) groups is 3. The van der Waals surface area contributed by atoms with Gasteiger partial charge in [0.25, 0.3) is 0 Å². The summed E-state index contributed by atoms with van der Waals surface area (Å²) in [4.78, 5) is 37.0. The Labute approximate surface area is 192 Å². The largest absolute Gasteiger partial charge is 0.463 e. The van der Waals surface area contributed by atoms with E-state index in [1.54, 1.807) is 14.2 Å². The Bertz CT molecular complexity index is 504. The summed E-state index contributed by atoms with van der Waals surface area (Å²) in [5.41, 5.74) is 0. The van der Waals surface area contributed by atoms with Gasteiger partial charge >= 0.3 is 12.1 Å². The quantitative estimate of drug-likeness (QED) is 0.207. The maximum absolute atomic E-state index is 11.8. The second kappa shape index (κ2) is 21.0. The number of rotatable bonds is 20. The predicted octanol–water partition coefficient (Wildman–Crippen LogP) is 1.57. The maximum Gasteiger partial charge on any atom is 0.407 e. The third-order valence-electron chi connectivity index (χ3n) is 4.63. The standard InChI is InChI=1S/C22H43N3O7/c1-19(2)21(27)23-10-7-5-6-8-11-24-22(28)32-16-14-25(13-15-29-3)12-9-20(26)31-18-17-30-4/h19H,5-18H2,1-4H3,(H,23,27)(H,24,28). The van der Waals surface area contributed by atoms with Gasteiger partial charge in [0.1, 0.15) is 13.2 Å². The zero-order chi connectivity index (χ0) is 24.0. The molecule has 0 spiro atoms. The molecule has 0 aromatic rings. The fourth-order valence-corrected chi connectivity index (χ4v) is 2.64. The van der Waals surface area contributed by atoms with Crippen LogP contribution in [0, 0.1) is 5.92 Å². The van der Waals surface area contributed by atoms with E-state index < -0.39 is 6.09 Å². The molecule has 0 aliphatic heterocycles. The van der Waals surface area contributed by atoms with Gasteiger partial charge in [-0.2, -0.15) is 0 Å². The van der Waals surface area contributed by atoms with Crippen LogP contribution in [-0.2, 0) is 28.5 Å². The molecule has 0 saturated heterocycles. The number of hydrogen-bond acceptors (Lipinski definition) is 8. The van der Waals surface area contributed by atoms with Crippen molar-refractivity contribution < 1.29 is 33.3 Å². The van der Waals surface area contributed by atoms with Crippen LogP contribution >= 0.6 is 0 Å². The number of ether oxygens (including phenoxy) is 4. The molecule has 0 heterocycles. The second-order valence-electron chi connectivity index (χ2n) is 7.72. The summed E-state index contributed by atoms with van der Waals surface area (Å²) in [7, 11) is 3.16. The van der Waals surface area contributed by atoms with Gasteiger partial charge in [0.2, 0.25) is 5.91 Å². The van der Waals surface area contributed by atoms with Gasteiger partial charge in [0, 0.05) is 52.9 Å². The van der Waals surface area contributed by atoms with Crippen molar-refractivity contribution >= 4 is 18.0 Å². The highest BCUT2D eigenvalue weighted by Crippen LogP contribution is 1.99. The van der Waals surface area contributed by atoms with E-state index in [4.69, 9.17) is 18.9 Å². The lowest BCUT2D eigenvalue weighted by Crippen LogP contribution is -2.35. The summed E-state index contributed by atoms with van der Waals surface area (Å²) >= 11 is 0. The van der Waals surface area contributed by atoms with Crippen LogP contribution in [0.4, 0.5) is 4.79 Å². The smallest absolute Gasteiger partial charge is 0.407 e. The highest BCUT2D eigenvalue weighted by atomic mass is 16.6. The lowest BCUT2D eigenvalue weighted by atomic mass is 10.2. The highest BCUT2D eigenvalue weighted by Gasteiger charge is 2.11. The third-order valence-corrected chi connectivity index (χ3v) is 4.63. The molecule has 0 aliphatic carbocycles. The first-order chi connectivity index (χ1) is 15.4. The van der Waals surface area contributed by atoms with Crippen LogP contribution in [0.2, 0.25) is 0 Å². The molecule has 0 rings (SSSR count). The fraction of sp³-hybridized carbons (Fsp3) is 0.864. The minimum absolute atomic E-state index is 0.0138. The number of alkyl carbamates (subject to hydrolysis) is 1. The van der Waals surface area contributed by atoms with Gasteiger partial charge in [-0.15, -0.1) is 0 Å². The van der Waals surface area contributed by atoms with Crippen LogP contribution in [0.5, 0.6) is 0 Å². The van der Waals surface area contributed by atoms with Crippen molar-refractivity contribution in [3.63, 3.8) is 0 Å². The van der Waals surface area contributed by atoms with Gasteiger partial charge < -0.3 is 29.6 Å². The average molecular weight is 462 g/mol. The molecule has 0 bridgehead atoms. The van der Waals surface area contributed by atoms with Crippen LogP contribution in [0.3, 0.4) is 0 Å². The molecule has 0 unspecified atom stereocenters. The first kappa shape index (κ1) is 30.1. The fourth-order valence-electron chi connectivity index (χ4n) is 2.64. The lowest BCUT2D eigenvalue weighted by Gasteiger charge is -2.21. The Morgan fingerprint density at radius 1 is 0.750 bits per heavy atom. The van der Waals surface area contributed by atoms with E-state index in [0.717, 1.165) is 25.7 Å². The Morgan fingerprint density at radius 3 is 2.00 bits per heavy atom. The number of esters is 1. The first-order valence-electron chi connectivity index (χ1n) is 11.4. The number of unbranched alkanes of at least 4 members (excludes halogenated alkanes) is 3. The Balaban J connectivity index is 3.82. The van der Waals surface area contributed by atoms with Crippen molar-refractivity contribution in [3.8, 4) is 0 Å². The Kier molecular flexibility index (Phi) is 19.7. The van der Waals surface area contributed by atoms with Crippen molar-refractivity contribution in [2.24, 2.45) is 5.92 Å². The number of nitrogens with one attached hydrogen (secondary N) is 2. The molecule has 0 fully saturated rings. The topological polar surface area (TPSA) is 115 Å². The Morgan fingerprint density at radius 2 is 1.38 bits per heavy atom. The first-order valence-corrected chi connectivity index (χ1v) is 11.4. The molecule has 32 heavy (non-hydrogen) atoms. The van der Waals surface area contributed by atoms with Crippen LogP contribution in [0.15, 0.2) is 0 Å². The molecule has 0 aromatic heterocycles. The van der Waals surface area contributed by atoms with E-state index >= 15 is 0 Å². The second-order valence-corrected chi connectivity index (χ2v) is 7.72. The van der Waals surface area contributed by atoms with E-state index in [-0.39, 0.29) is 37.4 Å². The molecule has 2 amide bonds. The van der Waals surface area contributed by atoms with Crippen molar-refractivity contribution in [3.05, 3.63) is 0 Å². The molecule has 0 radical (unpaired) electrons. The molecule has 0 aromatic carbocycles. The Hall–Kier alpha value is -1.91. The molecular weight excluding hydrogens is 418 g/mol. The van der Waals surface area contributed by atoms with Gasteiger partial charge in [-0.25, -0.2) is 4.79 Å². The van der Waals surface area contributed by atoms with Gasteiger partial charge in [0.05, 0.1) is 19.6 Å². The van der Waals surface area contributed by atoms with E-state index in [2.05, 4.69) is 10.6 Å². The van der Waals surface area contributed by atoms with E-state index in [0.29, 0.717) is 45.9 Å². The SMILES string of the molecule is COCCOC(=O)CCN(CCOC)CCOC(=O)NCCCCCCNC(=O)C(C)C. The van der Waals surface area contributed by atoms with Gasteiger partial charge in [-0.1, -0.05) is 26.7 Å². The molecule has 188 valence electrons. The lowest BCUT2D eigenvalue weighted by molar-refractivity contribution is -0.145. The van der Waals surface area contributed by atoms with Crippen LogP contribution in [0.1, 0.15) is 46.0 Å². The average Bonchev–Trinajstić information content (AvgIpc) is 2.76. The van der Waals surface area contributed by atoms with Crippen LogP contribution in [-0.4, -0.2) is 96.2 Å². The molecule has 2 N–H and O–H groups in total. The summed E-state index contributed by atoms with van der Waals surface area (Å²) in [6, 6.07) is 0. The summed E-state index contributed by atoms with van der Waals surface area (Å²) in [5, 5.41) is 5.63. The van der Waals surface area contributed by atoms with Crippen molar-refractivity contribution in [1.29, 1.82) is 0 Å².